The Bertz CT molecular complexity index is 992. The summed E-state index contributed by atoms with van der Waals surface area (Å²) in [6.45, 7) is 0. The lowest BCUT2D eigenvalue weighted by atomic mass is 10.0. The lowest BCUT2D eigenvalue weighted by molar-refractivity contribution is -0.141. The van der Waals surface area contributed by atoms with Crippen molar-refractivity contribution in [2.75, 3.05) is 4.90 Å². The van der Waals surface area contributed by atoms with Gasteiger partial charge in [0.25, 0.3) is 5.91 Å². The highest BCUT2D eigenvalue weighted by Crippen LogP contribution is 2.40. The third-order valence-corrected chi connectivity index (χ3v) is 3.95. The Labute approximate surface area is 145 Å². The van der Waals surface area contributed by atoms with Crippen LogP contribution in [0.4, 0.5) is 24.8 Å². The molecule has 1 aliphatic heterocycles. The second-order valence-electron chi connectivity index (χ2n) is 5.60. The Morgan fingerprint density at radius 1 is 1.08 bits per heavy atom. The van der Waals surface area contributed by atoms with Gasteiger partial charge in [-0.15, -0.1) is 0 Å². The lowest BCUT2D eigenvalue weighted by Crippen LogP contribution is -2.21. The Morgan fingerprint density at radius 2 is 1.88 bits per heavy atom. The molecule has 4 rings (SSSR count). The minimum atomic E-state index is -4.50. The highest BCUT2D eigenvalue weighted by Gasteiger charge is 2.35. The van der Waals surface area contributed by atoms with E-state index in [1.54, 1.807) is 30.5 Å². The number of carbonyl (C=O) groups excluding carboxylic acids is 1. The zero-order valence-corrected chi connectivity index (χ0v) is 13.2. The van der Waals surface area contributed by atoms with E-state index < -0.39 is 11.9 Å². The molecule has 0 saturated carbocycles. The number of nitrogens with one attached hydrogen (secondary N) is 1. The number of fused-ring (bicyclic) bond motifs is 1. The van der Waals surface area contributed by atoms with E-state index in [0.29, 0.717) is 28.3 Å². The van der Waals surface area contributed by atoms with Gasteiger partial charge in [-0.25, -0.2) is 9.88 Å². The summed E-state index contributed by atoms with van der Waals surface area (Å²) in [5.41, 5.74) is 1.11. The van der Waals surface area contributed by atoms with Gasteiger partial charge in [-0.2, -0.15) is 13.2 Å². The van der Waals surface area contributed by atoms with Gasteiger partial charge in [-0.05, 0) is 23.8 Å². The summed E-state index contributed by atoms with van der Waals surface area (Å²) in [7, 11) is 0. The normalized spacial score (nSPS) is 15.6. The molecule has 5 nitrogen and oxygen atoms in total. The largest absolute Gasteiger partial charge is 0.433 e. The van der Waals surface area contributed by atoms with E-state index in [0.717, 1.165) is 12.3 Å². The number of hydrogen-bond acceptors (Lipinski definition) is 3. The van der Waals surface area contributed by atoms with Crippen molar-refractivity contribution in [2.45, 2.75) is 6.18 Å². The SMILES string of the molecule is O=C1C(=Cc2ccc(C(F)(F)F)nc2)c2ccccc2N1c1ncc[nH]1. The molecule has 1 amide bonds. The number of alkyl halides is 3. The van der Waals surface area contributed by atoms with Crippen LogP contribution in [0.15, 0.2) is 55.0 Å². The number of imidazole rings is 1. The minimum Gasteiger partial charge on any atom is -0.330 e. The van der Waals surface area contributed by atoms with Gasteiger partial charge in [-0.3, -0.25) is 9.78 Å². The molecule has 26 heavy (non-hydrogen) atoms. The summed E-state index contributed by atoms with van der Waals surface area (Å²) < 4.78 is 37.9. The third-order valence-electron chi connectivity index (χ3n) is 3.95. The molecule has 130 valence electrons. The molecular weight excluding hydrogens is 345 g/mol. The molecule has 2 aromatic heterocycles. The number of H-pyrrole nitrogens is 1. The molecule has 1 aromatic carbocycles. The fraction of sp³-hybridized carbons (Fsp3) is 0.0556. The summed E-state index contributed by atoms with van der Waals surface area (Å²) in [6.07, 6.45) is 1.26. The highest BCUT2D eigenvalue weighted by molar-refractivity contribution is 6.37. The van der Waals surface area contributed by atoms with Crippen molar-refractivity contribution in [3.63, 3.8) is 0 Å². The first-order chi connectivity index (χ1) is 12.4. The molecule has 0 bridgehead atoms. The van der Waals surface area contributed by atoms with Crippen LogP contribution < -0.4 is 4.90 Å². The number of anilines is 2. The first kappa shape index (κ1) is 16.1. The maximum atomic E-state index is 12.9. The maximum Gasteiger partial charge on any atom is 0.433 e. The van der Waals surface area contributed by atoms with Crippen LogP contribution in [0.5, 0.6) is 0 Å². The summed E-state index contributed by atoms with van der Waals surface area (Å²) in [5.74, 6) is 0.0532. The third kappa shape index (κ3) is 2.65. The minimum absolute atomic E-state index is 0.318. The van der Waals surface area contributed by atoms with Gasteiger partial charge in [0, 0.05) is 24.2 Å². The molecule has 0 saturated heterocycles. The van der Waals surface area contributed by atoms with Crippen LogP contribution >= 0.6 is 0 Å². The lowest BCUT2D eigenvalue weighted by Gasteiger charge is -2.12. The number of aromatic nitrogens is 3. The van der Waals surface area contributed by atoms with E-state index >= 15 is 0 Å². The zero-order valence-electron chi connectivity index (χ0n) is 13.2. The van der Waals surface area contributed by atoms with Crippen LogP contribution in [0, 0.1) is 0 Å². The summed E-state index contributed by atoms with van der Waals surface area (Å²) in [6, 6.07) is 9.32. The van der Waals surface area contributed by atoms with Gasteiger partial charge >= 0.3 is 6.18 Å². The Hall–Kier alpha value is -3.42. The number of amides is 1. The van der Waals surface area contributed by atoms with Gasteiger partial charge in [0.1, 0.15) is 5.69 Å². The Balaban J connectivity index is 1.77. The molecule has 0 atom stereocenters. The van der Waals surface area contributed by atoms with E-state index in [1.807, 2.05) is 0 Å². The van der Waals surface area contributed by atoms with E-state index in [4.69, 9.17) is 0 Å². The van der Waals surface area contributed by atoms with Crippen molar-refractivity contribution in [1.82, 2.24) is 15.0 Å². The molecule has 1 N–H and O–H groups in total. The predicted molar refractivity (Wildman–Crippen MR) is 89.3 cm³/mol. The number of pyridine rings is 1. The molecule has 1 aliphatic rings. The van der Waals surface area contributed by atoms with Crippen molar-refractivity contribution in [3.8, 4) is 0 Å². The van der Waals surface area contributed by atoms with Crippen molar-refractivity contribution < 1.29 is 18.0 Å². The standard InChI is InChI=1S/C18H11F3N4O/c19-18(20,21)15-6-5-11(10-24-15)9-13-12-3-1-2-4-14(12)25(16(13)26)17-22-7-8-23-17/h1-10H,(H,22,23). The van der Waals surface area contributed by atoms with Gasteiger partial charge in [0.2, 0.25) is 5.95 Å². The summed E-state index contributed by atoms with van der Waals surface area (Å²) in [5, 5.41) is 0. The fourth-order valence-electron chi connectivity index (χ4n) is 2.80. The zero-order chi connectivity index (χ0) is 18.3. The van der Waals surface area contributed by atoms with Crippen LogP contribution in [0.2, 0.25) is 0 Å². The van der Waals surface area contributed by atoms with E-state index in [-0.39, 0.29) is 5.91 Å². The summed E-state index contributed by atoms with van der Waals surface area (Å²) in [4.78, 5) is 24.7. The monoisotopic (exact) mass is 356 g/mol. The van der Waals surface area contributed by atoms with Crippen molar-refractivity contribution >= 4 is 29.2 Å². The number of carbonyl (C=O) groups is 1. The fourth-order valence-corrected chi connectivity index (χ4v) is 2.80. The predicted octanol–water partition coefficient (Wildman–Crippen LogP) is 4.04. The first-order valence-electron chi connectivity index (χ1n) is 7.63. The van der Waals surface area contributed by atoms with Crippen LogP contribution in [0.1, 0.15) is 16.8 Å². The second-order valence-corrected chi connectivity index (χ2v) is 5.60. The molecule has 0 unspecified atom stereocenters. The van der Waals surface area contributed by atoms with E-state index in [1.165, 1.54) is 23.2 Å². The van der Waals surface area contributed by atoms with Crippen molar-refractivity contribution in [2.24, 2.45) is 0 Å². The van der Waals surface area contributed by atoms with Gasteiger partial charge in [-0.1, -0.05) is 24.3 Å². The second kappa shape index (κ2) is 5.83. The van der Waals surface area contributed by atoms with E-state index in [9.17, 15) is 18.0 Å². The average Bonchev–Trinajstić information content (AvgIpc) is 3.22. The van der Waals surface area contributed by atoms with E-state index in [2.05, 4.69) is 15.0 Å². The molecule has 0 radical (unpaired) electrons. The molecular formula is C18H11F3N4O. The molecule has 0 fully saturated rings. The molecule has 0 spiro atoms. The number of rotatable bonds is 2. The number of hydrogen-bond donors (Lipinski definition) is 1. The summed E-state index contributed by atoms with van der Waals surface area (Å²) >= 11 is 0. The first-order valence-corrected chi connectivity index (χ1v) is 7.63. The number of nitrogens with zero attached hydrogens (tertiary/aromatic N) is 3. The average molecular weight is 356 g/mol. The van der Waals surface area contributed by atoms with Crippen LogP contribution in [0.3, 0.4) is 0 Å². The van der Waals surface area contributed by atoms with Gasteiger partial charge < -0.3 is 4.98 Å². The molecule has 8 heteroatoms. The highest BCUT2D eigenvalue weighted by atomic mass is 19.4. The van der Waals surface area contributed by atoms with Gasteiger partial charge in [0.05, 0.1) is 11.3 Å². The number of halogens is 3. The van der Waals surface area contributed by atoms with Crippen LogP contribution in [-0.2, 0) is 11.0 Å². The smallest absolute Gasteiger partial charge is 0.330 e. The quantitative estimate of drug-likeness (QED) is 0.705. The van der Waals surface area contributed by atoms with Crippen LogP contribution in [-0.4, -0.2) is 20.9 Å². The molecule has 3 heterocycles. The number of benzene rings is 1. The molecule has 3 aromatic rings. The molecule has 0 aliphatic carbocycles. The van der Waals surface area contributed by atoms with Crippen molar-refractivity contribution in [3.05, 3.63) is 71.8 Å². The van der Waals surface area contributed by atoms with Gasteiger partial charge in [0.15, 0.2) is 0 Å². The Kier molecular flexibility index (Phi) is 3.61. The number of aromatic amines is 1. The maximum absolute atomic E-state index is 12.9. The Morgan fingerprint density at radius 3 is 2.54 bits per heavy atom. The van der Waals surface area contributed by atoms with Crippen LogP contribution in [0.25, 0.3) is 11.6 Å². The van der Waals surface area contributed by atoms with Crippen molar-refractivity contribution in [1.29, 1.82) is 0 Å². The number of para-hydroxylation sites is 1. The topological polar surface area (TPSA) is 61.9 Å².